The fourth-order valence-corrected chi connectivity index (χ4v) is 0.831. The van der Waals surface area contributed by atoms with Crippen LogP contribution in [0.1, 0.15) is 6.92 Å². The van der Waals surface area contributed by atoms with Crippen LogP contribution in [0.4, 0.5) is 13.2 Å². The Morgan fingerprint density at radius 1 is 1.45 bits per heavy atom. The molecule has 0 saturated heterocycles. The van der Waals surface area contributed by atoms with Gasteiger partial charge in [0.15, 0.2) is 17.8 Å². The van der Waals surface area contributed by atoms with Gasteiger partial charge in [0, 0.05) is 6.08 Å². The minimum Gasteiger partial charge on any atom is -0.512 e. The third kappa shape index (κ3) is 1.25. The number of aliphatic hydroxyl groups is 1. The second kappa shape index (κ2) is 2.60. The summed E-state index contributed by atoms with van der Waals surface area (Å²) in [5.41, 5.74) is 0. The van der Waals surface area contributed by atoms with Crippen LogP contribution in [-0.4, -0.2) is 11.3 Å². The van der Waals surface area contributed by atoms with Crippen LogP contribution >= 0.6 is 0 Å². The normalized spacial score (nSPS) is 32.2. The molecular weight excluding hydrogens is 157 g/mol. The van der Waals surface area contributed by atoms with Gasteiger partial charge in [0.1, 0.15) is 5.76 Å². The molecule has 0 aliphatic heterocycles. The Kier molecular flexibility index (Phi) is 1.93. The molecular formula is C7H7F3O. The fourth-order valence-electron chi connectivity index (χ4n) is 0.831. The molecule has 0 aromatic heterocycles. The number of rotatable bonds is 0. The van der Waals surface area contributed by atoms with Gasteiger partial charge in [-0.3, -0.25) is 0 Å². The van der Waals surface area contributed by atoms with Crippen molar-refractivity contribution in [1.82, 2.24) is 0 Å². The largest absolute Gasteiger partial charge is 0.512 e. The van der Waals surface area contributed by atoms with E-state index in [0.29, 0.717) is 6.08 Å². The van der Waals surface area contributed by atoms with Gasteiger partial charge in [0.2, 0.25) is 0 Å². The summed E-state index contributed by atoms with van der Waals surface area (Å²) in [6.45, 7) is 1.28. The van der Waals surface area contributed by atoms with Crippen LogP contribution in [0.3, 0.4) is 0 Å². The molecule has 1 unspecified atom stereocenters. The van der Waals surface area contributed by atoms with Crippen molar-refractivity contribution < 1.29 is 18.3 Å². The lowest BCUT2D eigenvalue weighted by atomic mass is 9.97. The zero-order chi connectivity index (χ0) is 8.59. The highest BCUT2D eigenvalue weighted by atomic mass is 19.2. The first-order chi connectivity index (χ1) is 5.04. The second-order valence-electron chi connectivity index (χ2n) is 2.46. The van der Waals surface area contributed by atoms with Crippen LogP contribution in [-0.2, 0) is 0 Å². The maximum Gasteiger partial charge on any atom is 0.170 e. The van der Waals surface area contributed by atoms with Crippen LogP contribution in [0.25, 0.3) is 0 Å². The van der Waals surface area contributed by atoms with Gasteiger partial charge in [-0.15, -0.1) is 0 Å². The van der Waals surface area contributed by atoms with Gasteiger partial charge >= 0.3 is 0 Å². The average Bonchev–Trinajstić information content (AvgIpc) is 1.97. The molecule has 0 heterocycles. The number of hydrogen-bond acceptors (Lipinski definition) is 1. The van der Waals surface area contributed by atoms with Gasteiger partial charge in [-0.05, 0) is 0 Å². The van der Waals surface area contributed by atoms with Crippen molar-refractivity contribution in [2.75, 3.05) is 0 Å². The van der Waals surface area contributed by atoms with Crippen molar-refractivity contribution >= 4 is 0 Å². The SMILES string of the molecule is C[C@H]1C(O)=CC(F)=C(F)C1F. The van der Waals surface area contributed by atoms with Crippen molar-refractivity contribution in [3.05, 3.63) is 23.5 Å². The van der Waals surface area contributed by atoms with Crippen LogP contribution < -0.4 is 0 Å². The molecule has 0 spiro atoms. The predicted molar refractivity (Wildman–Crippen MR) is 34.0 cm³/mol. The molecule has 1 nitrogen and oxygen atoms in total. The lowest BCUT2D eigenvalue weighted by Gasteiger charge is -2.18. The van der Waals surface area contributed by atoms with Crippen LogP contribution in [0, 0.1) is 5.92 Å². The van der Waals surface area contributed by atoms with E-state index in [4.69, 9.17) is 5.11 Å². The molecule has 0 saturated carbocycles. The maximum atomic E-state index is 12.6. The second-order valence-corrected chi connectivity index (χ2v) is 2.46. The third-order valence-electron chi connectivity index (χ3n) is 1.65. The topological polar surface area (TPSA) is 20.2 Å². The highest BCUT2D eigenvalue weighted by Crippen LogP contribution is 2.31. The van der Waals surface area contributed by atoms with Gasteiger partial charge in [0.05, 0.1) is 5.92 Å². The summed E-state index contributed by atoms with van der Waals surface area (Å²) >= 11 is 0. The minimum absolute atomic E-state index is 0.462. The molecule has 0 bridgehead atoms. The number of alkyl halides is 1. The zero-order valence-corrected chi connectivity index (χ0v) is 5.81. The molecule has 1 aliphatic rings. The summed E-state index contributed by atoms with van der Waals surface area (Å²) in [6.07, 6.45) is -1.46. The lowest BCUT2D eigenvalue weighted by Crippen LogP contribution is -2.19. The van der Waals surface area contributed by atoms with E-state index in [9.17, 15) is 13.2 Å². The van der Waals surface area contributed by atoms with E-state index in [0.717, 1.165) is 0 Å². The van der Waals surface area contributed by atoms with E-state index in [1.54, 1.807) is 0 Å². The molecule has 1 N–H and O–H groups in total. The lowest BCUT2D eigenvalue weighted by molar-refractivity contribution is 0.200. The smallest absolute Gasteiger partial charge is 0.170 e. The summed E-state index contributed by atoms with van der Waals surface area (Å²) in [5, 5.41) is 8.82. The number of hydrogen-bond donors (Lipinski definition) is 1. The van der Waals surface area contributed by atoms with Crippen LogP contribution in [0.2, 0.25) is 0 Å². The van der Waals surface area contributed by atoms with Crippen molar-refractivity contribution in [2.45, 2.75) is 13.1 Å². The molecule has 62 valence electrons. The van der Waals surface area contributed by atoms with Gasteiger partial charge in [-0.1, -0.05) is 6.92 Å². The predicted octanol–water partition coefficient (Wildman–Crippen LogP) is 2.57. The number of allylic oxidation sites excluding steroid dienone is 4. The van der Waals surface area contributed by atoms with Crippen LogP contribution in [0.15, 0.2) is 23.5 Å². The Hall–Kier alpha value is -0.930. The first-order valence-corrected chi connectivity index (χ1v) is 3.14. The molecule has 0 fully saturated rings. The summed E-state index contributed by atoms with van der Waals surface area (Å²) in [5.74, 6) is -4.21. The Bertz CT molecular complexity index is 232. The Balaban J connectivity index is 3.01. The third-order valence-corrected chi connectivity index (χ3v) is 1.65. The first-order valence-electron chi connectivity index (χ1n) is 3.14. The molecule has 0 aromatic rings. The highest BCUT2D eigenvalue weighted by molar-refractivity contribution is 5.27. The highest BCUT2D eigenvalue weighted by Gasteiger charge is 2.31. The molecule has 4 heteroatoms. The van der Waals surface area contributed by atoms with Crippen molar-refractivity contribution in [3.63, 3.8) is 0 Å². The van der Waals surface area contributed by atoms with E-state index in [1.807, 2.05) is 0 Å². The van der Waals surface area contributed by atoms with Crippen molar-refractivity contribution in [3.8, 4) is 0 Å². The Morgan fingerprint density at radius 3 is 2.55 bits per heavy atom. The summed E-state index contributed by atoms with van der Waals surface area (Å²) in [4.78, 5) is 0. The van der Waals surface area contributed by atoms with Crippen LogP contribution in [0.5, 0.6) is 0 Å². The quantitative estimate of drug-likeness (QED) is 0.583. The van der Waals surface area contributed by atoms with E-state index in [2.05, 4.69) is 0 Å². The van der Waals surface area contributed by atoms with Gasteiger partial charge < -0.3 is 5.11 Å². The van der Waals surface area contributed by atoms with E-state index >= 15 is 0 Å². The molecule has 2 atom stereocenters. The summed E-state index contributed by atoms with van der Waals surface area (Å²) in [6, 6.07) is 0. The fraction of sp³-hybridized carbons (Fsp3) is 0.429. The minimum atomic E-state index is -2.06. The van der Waals surface area contributed by atoms with Gasteiger partial charge in [0.25, 0.3) is 0 Å². The molecule has 1 aliphatic carbocycles. The summed E-state index contributed by atoms with van der Waals surface area (Å²) < 4.78 is 37.2. The van der Waals surface area contributed by atoms with E-state index < -0.39 is 29.5 Å². The number of halogens is 3. The van der Waals surface area contributed by atoms with Crippen molar-refractivity contribution in [2.24, 2.45) is 5.92 Å². The number of aliphatic hydroxyl groups excluding tert-OH is 1. The molecule has 1 rings (SSSR count). The van der Waals surface area contributed by atoms with E-state index in [-0.39, 0.29) is 0 Å². The molecule has 11 heavy (non-hydrogen) atoms. The Morgan fingerprint density at radius 2 is 2.00 bits per heavy atom. The van der Waals surface area contributed by atoms with E-state index in [1.165, 1.54) is 6.92 Å². The summed E-state index contributed by atoms with van der Waals surface area (Å²) in [7, 11) is 0. The first kappa shape index (κ1) is 8.17. The van der Waals surface area contributed by atoms with Gasteiger partial charge in [-0.25, -0.2) is 13.2 Å². The molecule has 0 aromatic carbocycles. The standard InChI is InChI=1S/C7H7F3O/c1-3-5(11)2-4(8)7(10)6(3)9/h2-3,6,11H,1H3/t3-,6?/m0/s1. The average molecular weight is 164 g/mol. The maximum absolute atomic E-state index is 12.6. The van der Waals surface area contributed by atoms with Crippen molar-refractivity contribution in [1.29, 1.82) is 0 Å². The zero-order valence-electron chi connectivity index (χ0n) is 5.81. The molecule has 0 radical (unpaired) electrons. The monoisotopic (exact) mass is 164 g/mol. The Labute approximate surface area is 61.8 Å². The molecule has 0 amide bonds. The van der Waals surface area contributed by atoms with Gasteiger partial charge in [-0.2, -0.15) is 0 Å².